The van der Waals surface area contributed by atoms with Gasteiger partial charge in [0.2, 0.25) is 0 Å². The summed E-state index contributed by atoms with van der Waals surface area (Å²) in [6.45, 7) is 1.91. The van der Waals surface area contributed by atoms with Crippen molar-refractivity contribution in [2.45, 2.75) is 19.8 Å². The van der Waals surface area contributed by atoms with Crippen LogP contribution in [0.25, 0.3) is 0 Å². The number of rotatable bonds is 4. The first-order valence-electron chi connectivity index (χ1n) is 4.38. The molecule has 1 heterocycles. The number of aldehydes is 1. The maximum Gasteiger partial charge on any atom is 0.123 e. The maximum absolute atomic E-state index is 10.4. The monoisotopic (exact) mass is 178 g/mol. The Morgan fingerprint density at radius 3 is 3.08 bits per heavy atom. The lowest BCUT2D eigenvalue weighted by Crippen LogP contribution is -1.99. The highest BCUT2D eigenvalue weighted by molar-refractivity contribution is 5.52. The molecule has 13 heavy (non-hydrogen) atoms. The Hall–Kier alpha value is -1.38. The number of nitrogens with two attached hydrogens (primary N) is 1. The third-order valence-electron chi connectivity index (χ3n) is 1.97. The highest BCUT2D eigenvalue weighted by Gasteiger charge is 2.00. The summed E-state index contributed by atoms with van der Waals surface area (Å²) in [5.74, 6) is 0.658. The fraction of sp³-hybridized carbons (Fsp3) is 0.400. The van der Waals surface area contributed by atoms with E-state index in [4.69, 9.17) is 5.73 Å². The standard InChI is InChI=1S/C10H14N2O/c1-8(7-13)2-3-9-4-5-12-10(11)6-9/h4-8H,2-3H2,1H3,(H2,11,12). The molecule has 0 radical (unpaired) electrons. The van der Waals surface area contributed by atoms with Crippen LogP contribution in [0.4, 0.5) is 5.82 Å². The van der Waals surface area contributed by atoms with Crippen molar-refractivity contribution in [1.29, 1.82) is 0 Å². The molecule has 1 unspecified atom stereocenters. The number of anilines is 1. The van der Waals surface area contributed by atoms with Crippen molar-refractivity contribution in [3.05, 3.63) is 23.9 Å². The van der Waals surface area contributed by atoms with Crippen molar-refractivity contribution in [3.8, 4) is 0 Å². The van der Waals surface area contributed by atoms with Gasteiger partial charge in [0.05, 0.1) is 0 Å². The summed E-state index contributed by atoms with van der Waals surface area (Å²) >= 11 is 0. The zero-order chi connectivity index (χ0) is 9.68. The van der Waals surface area contributed by atoms with Crippen LogP contribution in [0.5, 0.6) is 0 Å². The molecule has 1 aromatic rings. The number of aromatic nitrogens is 1. The molecule has 0 amide bonds. The quantitative estimate of drug-likeness (QED) is 0.709. The van der Waals surface area contributed by atoms with Gasteiger partial charge in [0.25, 0.3) is 0 Å². The molecule has 0 bridgehead atoms. The molecule has 0 aliphatic carbocycles. The molecule has 1 aromatic heterocycles. The topological polar surface area (TPSA) is 56.0 Å². The van der Waals surface area contributed by atoms with Gasteiger partial charge in [0.15, 0.2) is 0 Å². The van der Waals surface area contributed by atoms with E-state index in [-0.39, 0.29) is 5.92 Å². The van der Waals surface area contributed by atoms with Crippen LogP contribution in [0.15, 0.2) is 18.3 Å². The number of hydrogen-bond donors (Lipinski definition) is 1. The minimum absolute atomic E-state index is 0.120. The molecule has 0 aliphatic heterocycles. The summed E-state index contributed by atoms with van der Waals surface area (Å²) in [6.07, 6.45) is 4.42. The second kappa shape index (κ2) is 4.60. The predicted molar refractivity (Wildman–Crippen MR) is 52.2 cm³/mol. The Morgan fingerprint density at radius 2 is 2.46 bits per heavy atom. The normalized spacial score (nSPS) is 12.4. The molecule has 2 N–H and O–H groups in total. The molecule has 0 spiro atoms. The van der Waals surface area contributed by atoms with Gasteiger partial charge in [-0.2, -0.15) is 0 Å². The Balaban J connectivity index is 2.49. The minimum atomic E-state index is 0.120. The van der Waals surface area contributed by atoms with E-state index in [9.17, 15) is 4.79 Å². The summed E-state index contributed by atoms with van der Waals surface area (Å²) in [6, 6.07) is 3.77. The molecule has 0 saturated carbocycles. The van der Waals surface area contributed by atoms with Crippen molar-refractivity contribution in [2.75, 3.05) is 5.73 Å². The zero-order valence-corrected chi connectivity index (χ0v) is 7.73. The van der Waals surface area contributed by atoms with Crippen LogP contribution in [0.3, 0.4) is 0 Å². The van der Waals surface area contributed by atoms with E-state index in [1.54, 1.807) is 6.20 Å². The molecule has 70 valence electrons. The molecule has 0 aliphatic rings. The van der Waals surface area contributed by atoms with E-state index in [0.717, 1.165) is 24.7 Å². The van der Waals surface area contributed by atoms with E-state index in [0.29, 0.717) is 5.82 Å². The lowest BCUT2D eigenvalue weighted by atomic mass is 10.0. The first kappa shape index (κ1) is 9.71. The van der Waals surface area contributed by atoms with Gasteiger partial charge in [0.1, 0.15) is 12.1 Å². The molecule has 1 atom stereocenters. The van der Waals surface area contributed by atoms with Crippen LogP contribution in [-0.4, -0.2) is 11.3 Å². The van der Waals surface area contributed by atoms with Gasteiger partial charge in [-0.15, -0.1) is 0 Å². The first-order chi connectivity index (χ1) is 6.22. The largest absolute Gasteiger partial charge is 0.384 e. The van der Waals surface area contributed by atoms with Gasteiger partial charge < -0.3 is 10.5 Å². The third-order valence-corrected chi connectivity index (χ3v) is 1.97. The number of carbonyl (C=O) groups excluding carboxylic acids is 1. The average Bonchev–Trinajstić information content (AvgIpc) is 2.14. The Bertz CT molecular complexity index is 286. The summed E-state index contributed by atoms with van der Waals surface area (Å²) in [5.41, 5.74) is 6.66. The lowest BCUT2D eigenvalue weighted by molar-refractivity contribution is -0.110. The molecule has 1 rings (SSSR count). The van der Waals surface area contributed by atoms with Gasteiger partial charge >= 0.3 is 0 Å². The van der Waals surface area contributed by atoms with Crippen LogP contribution in [0.2, 0.25) is 0 Å². The molecule has 0 fully saturated rings. The first-order valence-corrected chi connectivity index (χ1v) is 4.38. The SMILES string of the molecule is CC(C=O)CCc1ccnc(N)c1. The highest BCUT2D eigenvalue weighted by atomic mass is 16.1. The van der Waals surface area contributed by atoms with E-state index < -0.39 is 0 Å². The highest BCUT2D eigenvalue weighted by Crippen LogP contribution is 2.09. The number of aryl methyl sites for hydroxylation is 1. The van der Waals surface area contributed by atoms with E-state index in [1.807, 2.05) is 19.1 Å². The smallest absolute Gasteiger partial charge is 0.123 e. The van der Waals surface area contributed by atoms with Gasteiger partial charge in [-0.3, -0.25) is 0 Å². The minimum Gasteiger partial charge on any atom is -0.384 e. The Kier molecular flexibility index (Phi) is 3.43. The number of nitrogens with zero attached hydrogens (tertiary/aromatic N) is 1. The van der Waals surface area contributed by atoms with Crippen molar-refractivity contribution in [3.63, 3.8) is 0 Å². The van der Waals surface area contributed by atoms with Crippen molar-refractivity contribution in [2.24, 2.45) is 5.92 Å². The zero-order valence-electron chi connectivity index (χ0n) is 7.73. The van der Waals surface area contributed by atoms with Crippen LogP contribution in [-0.2, 0) is 11.2 Å². The summed E-state index contributed by atoms with van der Waals surface area (Å²) in [5, 5.41) is 0. The van der Waals surface area contributed by atoms with Crippen LogP contribution >= 0.6 is 0 Å². The molecule has 0 saturated heterocycles. The van der Waals surface area contributed by atoms with Gasteiger partial charge in [-0.1, -0.05) is 6.92 Å². The summed E-state index contributed by atoms with van der Waals surface area (Å²) < 4.78 is 0. The average molecular weight is 178 g/mol. The lowest BCUT2D eigenvalue weighted by Gasteiger charge is -2.03. The maximum atomic E-state index is 10.4. The Morgan fingerprint density at radius 1 is 1.69 bits per heavy atom. The van der Waals surface area contributed by atoms with E-state index in [1.165, 1.54) is 0 Å². The van der Waals surface area contributed by atoms with Crippen LogP contribution < -0.4 is 5.73 Å². The summed E-state index contributed by atoms with van der Waals surface area (Å²) in [7, 11) is 0. The predicted octanol–water partition coefficient (Wildman–Crippen LogP) is 1.43. The molecule has 3 heteroatoms. The van der Waals surface area contributed by atoms with Gasteiger partial charge in [0, 0.05) is 12.1 Å². The van der Waals surface area contributed by atoms with Gasteiger partial charge in [-0.25, -0.2) is 4.98 Å². The molecule has 3 nitrogen and oxygen atoms in total. The number of nitrogen functional groups attached to an aromatic ring is 1. The summed E-state index contributed by atoms with van der Waals surface area (Å²) in [4.78, 5) is 14.3. The number of hydrogen-bond acceptors (Lipinski definition) is 3. The second-order valence-electron chi connectivity index (χ2n) is 3.24. The molecule has 0 aromatic carbocycles. The Labute approximate surface area is 78.0 Å². The fourth-order valence-corrected chi connectivity index (χ4v) is 1.11. The van der Waals surface area contributed by atoms with Crippen LogP contribution in [0.1, 0.15) is 18.9 Å². The van der Waals surface area contributed by atoms with Crippen molar-refractivity contribution in [1.82, 2.24) is 4.98 Å². The number of pyridine rings is 1. The van der Waals surface area contributed by atoms with E-state index >= 15 is 0 Å². The van der Waals surface area contributed by atoms with Crippen molar-refractivity contribution < 1.29 is 4.79 Å². The van der Waals surface area contributed by atoms with Crippen molar-refractivity contribution >= 4 is 12.1 Å². The molecular formula is C10H14N2O. The number of carbonyl (C=O) groups is 1. The second-order valence-corrected chi connectivity index (χ2v) is 3.24. The fourth-order valence-electron chi connectivity index (χ4n) is 1.11. The van der Waals surface area contributed by atoms with Crippen LogP contribution in [0, 0.1) is 5.92 Å². The van der Waals surface area contributed by atoms with Gasteiger partial charge in [-0.05, 0) is 30.5 Å². The molecular weight excluding hydrogens is 164 g/mol. The van der Waals surface area contributed by atoms with E-state index in [2.05, 4.69) is 4.98 Å². The third kappa shape index (κ3) is 3.23.